The van der Waals surface area contributed by atoms with Gasteiger partial charge in [-0.1, -0.05) is 60.5 Å². The molecule has 1 N–H and O–H groups in total. The summed E-state index contributed by atoms with van der Waals surface area (Å²) in [5, 5.41) is 4.31. The number of hydrogen-bond donors (Lipinski definition) is 1. The van der Waals surface area contributed by atoms with Crippen molar-refractivity contribution in [1.82, 2.24) is 10.2 Å². The van der Waals surface area contributed by atoms with Crippen LogP contribution in [0.15, 0.2) is 66.7 Å². The molecule has 37 heavy (non-hydrogen) atoms. The van der Waals surface area contributed by atoms with E-state index < -0.39 is 12.0 Å². The molecule has 1 saturated heterocycles. The summed E-state index contributed by atoms with van der Waals surface area (Å²) in [5.41, 5.74) is 4.02. The molecular formula is C30H30Cl2N2O3. The van der Waals surface area contributed by atoms with Crippen molar-refractivity contribution in [2.45, 2.75) is 44.2 Å². The highest BCUT2D eigenvalue weighted by Gasteiger charge is 2.41. The minimum absolute atomic E-state index is 0.00705. The number of ether oxygens (including phenoxy) is 1. The van der Waals surface area contributed by atoms with Crippen molar-refractivity contribution >= 4 is 35.0 Å². The number of nitrogens with one attached hydrogen (secondary N) is 1. The number of hydrogen-bond acceptors (Lipinski definition) is 3. The van der Waals surface area contributed by atoms with E-state index in [1.807, 2.05) is 35.2 Å². The van der Waals surface area contributed by atoms with Crippen LogP contribution in [-0.4, -0.2) is 36.4 Å². The maximum atomic E-state index is 13.8. The van der Waals surface area contributed by atoms with E-state index in [1.165, 1.54) is 11.1 Å². The molecule has 0 aromatic heterocycles. The average molecular weight is 537 g/mol. The molecule has 0 radical (unpaired) electrons. The predicted molar refractivity (Wildman–Crippen MR) is 146 cm³/mol. The van der Waals surface area contributed by atoms with Crippen LogP contribution < -0.4 is 10.1 Å². The van der Waals surface area contributed by atoms with E-state index in [4.69, 9.17) is 27.9 Å². The summed E-state index contributed by atoms with van der Waals surface area (Å²) < 4.78 is 5.42. The maximum Gasteiger partial charge on any atom is 0.245 e. The van der Waals surface area contributed by atoms with E-state index in [-0.39, 0.29) is 23.8 Å². The fourth-order valence-electron chi connectivity index (χ4n) is 5.73. The molecular weight excluding hydrogens is 507 g/mol. The maximum absolute atomic E-state index is 13.8. The summed E-state index contributed by atoms with van der Waals surface area (Å²) in [5.74, 6) is 0.279. The molecule has 1 fully saturated rings. The molecule has 5 rings (SSSR count). The number of nitrogens with zero attached hydrogens (tertiary/aromatic N) is 1. The van der Waals surface area contributed by atoms with Crippen LogP contribution >= 0.6 is 23.2 Å². The molecule has 0 bridgehead atoms. The molecule has 2 aliphatic heterocycles. The first-order valence-corrected chi connectivity index (χ1v) is 13.4. The molecule has 2 heterocycles. The van der Waals surface area contributed by atoms with Gasteiger partial charge in [-0.15, -0.1) is 0 Å². The average Bonchev–Trinajstić information content (AvgIpc) is 3.02. The smallest absolute Gasteiger partial charge is 0.245 e. The van der Waals surface area contributed by atoms with Crippen LogP contribution in [0.2, 0.25) is 10.0 Å². The summed E-state index contributed by atoms with van der Waals surface area (Å²) in [7, 11) is 1.67. The lowest BCUT2D eigenvalue weighted by Gasteiger charge is -2.40. The minimum Gasteiger partial charge on any atom is -0.497 e. The highest BCUT2D eigenvalue weighted by molar-refractivity contribution is 6.30. The monoisotopic (exact) mass is 536 g/mol. The van der Waals surface area contributed by atoms with Crippen LogP contribution in [0.25, 0.3) is 0 Å². The second kappa shape index (κ2) is 10.8. The first-order valence-electron chi connectivity index (χ1n) is 12.6. The van der Waals surface area contributed by atoms with Gasteiger partial charge in [0.25, 0.3) is 0 Å². The Morgan fingerprint density at radius 1 is 0.973 bits per heavy atom. The zero-order valence-corrected chi connectivity index (χ0v) is 22.4. The van der Waals surface area contributed by atoms with Crippen LogP contribution in [0.4, 0.5) is 0 Å². The van der Waals surface area contributed by atoms with E-state index in [0.29, 0.717) is 23.0 Å². The summed E-state index contributed by atoms with van der Waals surface area (Å²) in [4.78, 5) is 29.6. The lowest BCUT2D eigenvalue weighted by atomic mass is 9.84. The molecule has 3 aromatic rings. The number of carbonyl (C=O) groups is 2. The quantitative estimate of drug-likeness (QED) is 0.423. The lowest BCUT2D eigenvalue weighted by molar-refractivity contribution is -0.138. The fraction of sp³-hybridized carbons (Fsp3) is 0.333. The van der Waals surface area contributed by atoms with Crippen molar-refractivity contribution in [1.29, 1.82) is 0 Å². The molecule has 3 unspecified atom stereocenters. The predicted octanol–water partition coefficient (Wildman–Crippen LogP) is 6.17. The van der Waals surface area contributed by atoms with Crippen LogP contribution in [0, 0.1) is 5.92 Å². The van der Waals surface area contributed by atoms with Crippen LogP contribution in [0.1, 0.15) is 54.0 Å². The van der Waals surface area contributed by atoms with Crippen molar-refractivity contribution in [3.05, 3.63) is 99.0 Å². The van der Waals surface area contributed by atoms with E-state index in [0.717, 1.165) is 29.7 Å². The largest absolute Gasteiger partial charge is 0.497 e. The number of methoxy groups -OCH3 is 1. The second-order valence-electron chi connectivity index (χ2n) is 9.94. The standard InChI is InChI=1S/C30H30Cl2N2O3/c1-18-3-14-26(30(36)34-16-15-21-17-24(37-2)12-13-25(21)28(18)34)33-29(35)27(19-4-8-22(31)9-5-19)20-6-10-23(32)11-7-20/h4-13,17-18,26-28H,3,14-16H2,1-2H3,(H,33,35). The molecule has 0 saturated carbocycles. The number of benzene rings is 3. The van der Waals surface area contributed by atoms with Gasteiger partial charge in [0.15, 0.2) is 0 Å². The van der Waals surface area contributed by atoms with Crippen molar-refractivity contribution in [2.75, 3.05) is 13.7 Å². The van der Waals surface area contributed by atoms with Gasteiger partial charge in [0.2, 0.25) is 11.8 Å². The number of fused-ring (bicyclic) bond motifs is 3. The van der Waals surface area contributed by atoms with Crippen molar-refractivity contribution < 1.29 is 14.3 Å². The van der Waals surface area contributed by atoms with Gasteiger partial charge in [0.1, 0.15) is 11.8 Å². The zero-order chi connectivity index (χ0) is 26.1. The van der Waals surface area contributed by atoms with Gasteiger partial charge >= 0.3 is 0 Å². The van der Waals surface area contributed by atoms with Crippen molar-refractivity contribution in [2.24, 2.45) is 5.92 Å². The molecule has 2 amide bonds. The van der Waals surface area contributed by atoms with Crippen LogP contribution in [-0.2, 0) is 16.0 Å². The number of carbonyl (C=O) groups excluding carboxylic acids is 2. The summed E-state index contributed by atoms with van der Waals surface area (Å²) >= 11 is 12.2. The lowest BCUT2D eigenvalue weighted by Crippen LogP contribution is -2.51. The number of amides is 2. The summed E-state index contributed by atoms with van der Waals surface area (Å²) in [6.07, 6.45) is 2.19. The Morgan fingerprint density at radius 3 is 2.19 bits per heavy atom. The molecule has 192 valence electrons. The third-order valence-corrected chi connectivity index (χ3v) is 8.15. The van der Waals surface area contributed by atoms with Gasteiger partial charge in [-0.3, -0.25) is 9.59 Å². The number of halogens is 2. The Balaban J connectivity index is 1.42. The van der Waals surface area contributed by atoms with E-state index in [2.05, 4.69) is 24.4 Å². The SMILES string of the molecule is COc1ccc2c(c1)CCN1C(=O)C(NC(=O)C(c3ccc(Cl)cc3)c3ccc(Cl)cc3)CCC(C)C21. The van der Waals surface area contributed by atoms with Crippen LogP contribution in [0.5, 0.6) is 5.75 Å². The summed E-state index contributed by atoms with van der Waals surface area (Å²) in [6.45, 7) is 2.82. The van der Waals surface area contributed by atoms with E-state index in [9.17, 15) is 9.59 Å². The van der Waals surface area contributed by atoms with Gasteiger partial charge in [-0.25, -0.2) is 0 Å². The number of rotatable bonds is 5. The minimum atomic E-state index is -0.589. The molecule has 0 spiro atoms. The van der Waals surface area contributed by atoms with E-state index in [1.54, 1.807) is 31.4 Å². The van der Waals surface area contributed by atoms with Gasteiger partial charge in [-0.05, 0) is 83.8 Å². The van der Waals surface area contributed by atoms with Gasteiger partial charge in [-0.2, -0.15) is 0 Å². The third-order valence-electron chi connectivity index (χ3n) is 7.64. The van der Waals surface area contributed by atoms with Crippen molar-refractivity contribution in [3.63, 3.8) is 0 Å². The van der Waals surface area contributed by atoms with E-state index >= 15 is 0 Å². The van der Waals surface area contributed by atoms with Gasteiger partial charge < -0.3 is 15.0 Å². The topological polar surface area (TPSA) is 58.6 Å². The molecule has 0 aliphatic carbocycles. The van der Waals surface area contributed by atoms with Gasteiger partial charge in [0, 0.05) is 16.6 Å². The molecule has 3 atom stereocenters. The van der Waals surface area contributed by atoms with Crippen LogP contribution in [0.3, 0.4) is 0 Å². The fourth-order valence-corrected chi connectivity index (χ4v) is 5.98. The molecule has 3 aromatic carbocycles. The first kappa shape index (κ1) is 25.6. The Labute approximate surface area is 227 Å². The zero-order valence-electron chi connectivity index (χ0n) is 20.9. The Kier molecular flexibility index (Phi) is 7.45. The molecule has 2 aliphatic rings. The highest BCUT2D eigenvalue weighted by Crippen LogP contribution is 2.41. The first-order chi connectivity index (χ1) is 17.9. The Bertz CT molecular complexity index is 1250. The Morgan fingerprint density at radius 2 is 1.59 bits per heavy atom. The summed E-state index contributed by atoms with van der Waals surface area (Å²) in [6, 6.07) is 20.0. The third kappa shape index (κ3) is 5.21. The molecule has 7 heteroatoms. The normalized spacial score (nSPS) is 21.2. The Hall–Kier alpha value is -3.02. The molecule has 5 nitrogen and oxygen atoms in total. The second-order valence-corrected chi connectivity index (χ2v) is 10.8. The van der Waals surface area contributed by atoms with Crippen molar-refractivity contribution in [3.8, 4) is 5.75 Å². The van der Waals surface area contributed by atoms with Gasteiger partial charge in [0.05, 0.1) is 19.1 Å². The highest BCUT2D eigenvalue weighted by atomic mass is 35.5.